The fourth-order valence-corrected chi connectivity index (χ4v) is 7.73. The van der Waals surface area contributed by atoms with Crippen molar-refractivity contribution in [2.75, 3.05) is 20.2 Å². The minimum Gasteiger partial charge on any atom is -0.394 e. The van der Waals surface area contributed by atoms with Crippen LogP contribution < -0.4 is 5.32 Å². The van der Waals surface area contributed by atoms with Crippen LogP contribution in [0, 0.1) is 0 Å². The number of hydrogen-bond donors (Lipinski definition) is 2. The molecule has 7 nitrogen and oxygen atoms in total. The van der Waals surface area contributed by atoms with E-state index in [1.807, 2.05) is 48.6 Å². The van der Waals surface area contributed by atoms with Gasteiger partial charge in [0.05, 0.1) is 17.5 Å². The molecule has 0 saturated carbocycles. The number of halogens is 1. The Balaban J connectivity index is 1.50. The Labute approximate surface area is 245 Å². The number of nitrogens with zero attached hydrogens (tertiary/aromatic N) is 2. The SMILES string of the molecule is CN=Cc1ccc(S(=O)(=O)N(CC2=CC=CC=I2)Cc2ccc(C(=O)N[C@H](CO)Cc3ccccc3)cc2)cc1. The molecule has 1 aliphatic rings. The Hall–Kier alpha value is -3.25. The molecule has 4 rings (SSSR count). The fourth-order valence-electron chi connectivity index (χ4n) is 4.15. The Kier molecular flexibility index (Phi) is 10.7. The van der Waals surface area contributed by atoms with Gasteiger partial charge >= 0.3 is 0 Å². The van der Waals surface area contributed by atoms with Gasteiger partial charge in [-0.1, -0.05) is 93.6 Å². The van der Waals surface area contributed by atoms with Crippen LogP contribution in [0.5, 0.6) is 0 Å². The number of amides is 1. The van der Waals surface area contributed by atoms with Crippen LogP contribution in [0.15, 0.2) is 111 Å². The van der Waals surface area contributed by atoms with Gasteiger partial charge in [0.15, 0.2) is 0 Å². The molecule has 1 amide bonds. The summed E-state index contributed by atoms with van der Waals surface area (Å²) in [4.78, 5) is 17.1. The minimum atomic E-state index is -3.79. The van der Waals surface area contributed by atoms with Crippen LogP contribution in [-0.4, -0.2) is 60.2 Å². The molecular formula is C31H32IN3O4S. The van der Waals surface area contributed by atoms with E-state index in [-0.39, 0.29) is 44.7 Å². The van der Waals surface area contributed by atoms with Gasteiger partial charge in [-0.05, 0) is 51.4 Å². The summed E-state index contributed by atoms with van der Waals surface area (Å²) in [5, 5.41) is 12.7. The maximum Gasteiger partial charge on any atom is 0.251 e. The van der Waals surface area contributed by atoms with E-state index < -0.39 is 16.1 Å². The van der Waals surface area contributed by atoms with Crippen LogP contribution in [0.2, 0.25) is 0 Å². The van der Waals surface area contributed by atoms with Crippen molar-refractivity contribution in [1.82, 2.24) is 9.62 Å². The molecule has 0 bridgehead atoms. The molecule has 0 aromatic heterocycles. The summed E-state index contributed by atoms with van der Waals surface area (Å²) in [5.74, 6) is -0.291. The van der Waals surface area contributed by atoms with Gasteiger partial charge in [0, 0.05) is 35.5 Å². The highest BCUT2D eigenvalue weighted by atomic mass is 127. The van der Waals surface area contributed by atoms with E-state index in [1.165, 1.54) is 4.31 Å². The van der Waals surface area contributed by atoms with Crippen molar-refractivity contribution >= 4 is 46.9 Å². The van der Waals surface area contributed by atoms with Gasteiger partial charge < -0.3 is 10.4 Å². The molecule has 1 aliphatic heterocycles. The Morgan fingerprint density at radius 1 is 0.975 bits per heavy atom. The quantitative estimate of drug-likeness (QED) is 0.220. The monoisotopic (exact) mass is 669 g/mol. The van der Waals surface area contributed by atoms with Gasteiger partial charge in [-0.25, -0.2) is 8.42 Å². The van der Waals surface area contributed by atoms with Crippen molar-refractivity contribution in [1.29, 1.82) is 0 Å². The summed E-state index contributed by atoms with van der Waals surface area (Å²) in [6.07, 6.45) is 8.12. The lowest BCUT2D eigenvalue weighted by atomic mass is 10.1. The number of aliphatic hydroxyl groups is 1. The maximum atomic E-state index is 13.7. The molecule has 0 aliphatic carbocycles. The number of aliphatic hydroxyl groups excluding tert-OH is 1. The molecular weight excluding hydrogens is 637 g/mol. The highest BCUT2D eigenvalue weighted by Gasteiger charge is 2.26. The van der Waals surface area contributed by atoms with Crippen LogP contribution in [0.4, 0.5) is 0 Å². The number of carbonyl (C=O) groups excluding carboxylic acids is 1. The van der Waals surface area contributed by atoms with Crippen molar-refractivity contribution in [2.45, 2.75) is 23.9 Å². The molecule has 208 valence electrons. The standard InChI is InChI=1S/C31H32IN3O4S/c1-33-20-25-12-16-30(17-13-25)40(38,39)35(22-28-9-5-6-18-32-28)21-26-10-14-27(15-11-26)31(37)34-29(23-36)19-24-7-3-2-4-8-24/h2-18,20,29,36H,19,21-23H2,1H3,(H,34,37)/t29-/m0/s1. The largest absolute Gasteiger partial charge is 0.394 e. The summed E-state index contributed by atoms with van der Waals surface area (Å²) in [7, 11) is -2.12. The Bertz CT molecular complexity index is 1520. The lowest BCUT2D eigenvalue weighted by molar-refractivity contribution is 0.0916. The zero-order valence-corrected chi connectivity index (χ0v) is 25.1. The van der Waals surface area contributed by atoms with E-state index in [0.717, 1.165) is 20.3 Å². The summed E-state index contributed by atoms with van der Waals surface area (Å²) in [6, 6.07) is 22.9. The second kappa shape index (κ2) is 14.4. The first-order valence-electron chi connectivity index (χ1n) is 12.8. The third-order valence-corrected chi connectivity index (χ3v) is 10.3. The van der Waals surface area contributed by atoms with Crippen molar-refractivity contribution in [3.8, 4) is 0 Å². The van der Waals surface area contributed by atoms with E-state index in [1.54, 1.807) is 61.8 Å². The van der Waals surface area contributed by atoms with E-state index in [0.29, 0.717) is 18.5 Å². The topological polar surface area (TPSA) is 99.1 Å². The molecule has 1 atom stereocenters. The summed E-state index contributed by atoms with van der Waals surface area (Å²) < 4.78 is 32.1. The molecule has 0 spiro atoms. The predicted molar refractivity (Wildman–Crippen MR) is 170 cm³/mol. The lowest BCUT2D eigenvalue weighted by Crippen LogP contribution is -2.39. The van der Waals surface area contributed by atoms with Crippen molar-refractivity contribution < 1.29 is 18.3 Å². The van der Waals surface area contributed by atoms with Crippen molar-refractivity contribution in [2.24, 2.45) is 4.99 Å². The van der Waals surface area contributed by atoms with E-state index in [2.05, 4.69) is 14.3 Å². The fraction of sp³-hybridized carbons (Fsp3) is 0.194. The molecule has 0 unspecified atom stereocenters. The number of hydrogen-bond acceptors (Lipinski definition) is 5. The third-order valence-electron chi connectivity index (χ3n) is 6.24. The third kappa shape index (κ3) is 8.14. The number of allylic oxidation sites excluding steroid dienone is 3. The van der Waals surface area contributed by atoms with E-state index >= 15 is 0 Å². The summed E-state index contributed by atoms with van der Waals surface area (Å²) >= 11 is -0.381. The second-order valence-electron chi connectivity index (χ2n) is 9.20. The molecule has 0 radical (unpaired) electrons. The van der Waals surface area contributed by atoms with Crippen LogP contribution in [-0.2, 0) is 23.0 Å². The normalized spacial score (nSPS) is 14.1. The minimum absolute atomic E-state index is 0.167. The highest BCUT2D eigenvalue weighted by molar-refractivity contribution is 14.2. The number of sulfonamides is 1. The molecule has 1 heterocycles. The average Bonchev–Trinajstić information content (AvgIpc) is 2.98. The van der Waals surface area contributed by atoms with E-state index in [9.17, 15) is 18.3 Å². The average molecular weight is 670 g/mol. The van der Waals surface area contributed by atoms with Crippen LogP contribution >= 0.6 is 20.7 Å². The molecule has 3 aromatic rings. The second-order valence-corrected chi connectivity index (χ2v) is 13.9. The zero-order chi connectivity index (χ0) is 28.4. The number of benzene rings is 3. The predicted octanol–water partition coefficient (Wildman–Crippen LogP) is 4.49. The van der Waals surface area contributed by atoms with Crippen molar-refractivity contribution in [3.63, 3.8) is 0 Å². The van der Waals surface area contributed by atoms with Crippen LogP contribution in [0.25, 0.3) is 0 Å². The Morgan fingerprint density at radius 3 is 2.33 bits per heavy atom. The Morgan fingerprint density at radius 2 is 1.70 bits per heavy atom. The first-order chi connectivity index (χ1) is 19.4. The molecule has 3 aromatic carbocycles. The molecule has 9 heteroatoms. The van der Waals surface area contributed by atoms with Crippen LogP contribution in [0.3, 0.4) is 0 Å². The number of rotatable bonds is 12. The summed E-state index contributed by atoms with van der Waals surface area (Å²) in [5.41, 5.74) is 3.07. The number of nitrogens with one attached hydrogen (secondary N) is 1. The molecule has 0 fully saturated rings. The number of aliphatic imine (C=N–C) groups is 1. The molecule has 0 saturated heterocycles. The van der Waals surface area contributed by atoms with Gasteiger partial charge in [-0.3, -0.25) is 9.79 Å². The van der Waals surface area contributed by atoms with Gasteiger partial charge in [0.25, 0.3) is 5.91 Å². The molecule has 2 N–H and O–H groups in total. The number of carbonyl (C=O) groups is 1. The van der Waals surface area contributed by atoms with E-state index in [4.69, 9.17) is 0 Å². The first-order valence-corrected chi connectivity index (χ1v) is 16.5. The lowest BCUT2D eigenvalue weighted by Gasteiger charge is -2.23. The maximum absolute atomic E-state index is 13.7. The summed E-state index contributed by atoms with van der Waals surface area (Å²) in [6.45, 7) is 0.290. The highest BCUT2D eigenvalue weighted by Crippen LogP contribution is 2.25. The first kappa shape index (κ1) is 29.7. The van der Waals surface area contributed by atoms with Crippen LogP contribution in [0.1, 0.15) is 27.0 Å². The van der Waals surface area contributed by atoms with Crippen molar-refractivity contribution in [3.05, 3.63) is 123 Å². The van der Waals surface area contributed by atoms with Gasteiger partial charge in [-0.15, -0.1) is 0 Å². The zero-order valence-electron chi connectivity index (χ0n) is 22.2. The smallest absolute Gasteiger partial charge is 0.251 e. The van der Waals surface area contributed by atoms with Gasteiger partial charge in [0.1, 0.15) is 0 Å². The van der Waals surface area contributed by atoms with Gasteiger partial charge in [-0.2, -0.15) is 4.31 Å². The molecule has 40 heavy (non-hydrogen) atoms. The van der Waals surface area contributed by atoms with Gasteiger partial charge in [0.2, 0.25) is 10.0 Å².